The van der Waals surface area contributed by atoms with Gasteiger partial charge in [-0.15, -0.1) is 0 Å². The SMILES string of the molecule is Cn1c(Cc2nc(-c3ccccc3)c(-c3ccccc3)n2C)nc(-c2ccccc2)c1-c1ccccc1. The number of hydrogen-bond acceptors (Lipinski definition) is 2. The summed E-state index contributed by atoms with van der Waals surface area (Å²) in [6.45, 7) is 0. The molecule has 4 nitrogen and oxygen atoms in total. The van der Waals surface area contributed by atoms with Crippen molar-refractivity contribution in [3.8, 4) is 45.0 Å². The summed E-state index contributed by atoms with van der Waals surface area (Å²) in [5.41, 5.74) is 8.73. The monoisotopic (exact) mass is 480 g/mol. The first-order chi connectivity index (χ1) is 18.2. The van der Waals surface area contributed by atoms with Crippen LogP contribution in [-0.2, 0) is 20.5 Å². The Morgan fingerprint density at radius 3 is 1.05 bits per heavy atom. The Kier molecular flexibility index (Phi) is 5.99. The summed E-state index contributed by atoms with van der Waals surface area (Å²) in [7, 11) is 4.21. The van der Waals surface area contributed by atoms with E-state index in [9.17, 15) is 0 Å². The number of aromatic nitrogens is 4. The Labute approximate surface area is 217 Å². The smallest absolute Gasteiger partial charge is 0.117 e. The third kappa shape index (κ3) is 4.27. The molecule has 0 N–H and O–H groups in total. The van der Waals surface area contributed by atoms with Crippen molar-refractivity contribution in [3.63, 3.8) is 0 Å². The maximum absolute atomic E-state index is 5.19. The predicted octanol–water partition coefficient (Wildman–Crippen LogP) is 7.41. The molecule has 0 saturated heterocycles. The normalized spacial score (nSPS) is 11.1. The molecular weight excluding hydrogens is 452 g/mol. The molecule has 0 saturated carbocycles. The maximum Gasteiger partial charge on any atom is 0.117 e. The minimum Gasteiger partial charge on any atom is -0.330 e. The van der Waals surface area contributed by atoms with Gasteiger partial charge in [0.05, 0.1) is 29.2 Å². The Hall–Kier alpha value is -4.70. The number of hydrogen-bond donors (Lipinski definition) is 0. The van der Waals surface area contributed by atoms with Gasteiger partial charge >= 0.3 is 0 Å². The summed E-state index contributed by atoms with van der Waals surface area (Å²) < 4.78 is 4.44. The van der Waals surface area contributed by atoms with Gasteiger partial charge in [-0.1, -0.05) is 121 Å². The summed E-state index contributed by atoms with van der Waals surface area (Å²) in [5.74, 6) is 1.95. The number of imidazole rings is 2. The summed E-state index contributed by atoms with van der Waals surface area (Å²) in [5, 5.41) is 0. The van der Waals surface area contributed by atoms with Crippen molar-refractivity contribution in [2.75, 3.05) is 0 Å². The van der Waals surface area contributed by atoms with E-state index in [0.717, 1.165) is 56.7 Å². The number of nitrogens with zero attached hydrogens (tertiary/aromatic N) is 4. The lowest BCUT2D eigenvalue weighted by Crippen LogP contribution is -2.06. The highest BCUT2D eigenvalue weighted by atomic mass is 15.1. The Morgan fingerprint density at radius 2 is 0.730 bits per heavy atom. The average molecular weight is 481 g/mol. The third-order valence-corrected chi connectivity index (χ3v) is 6.88. The first-order valence-electron chi connectivity index (χ1n) is 12.5. The van der Waals surface area contributed by atoms with E-state index >= 15 is 0 Å². The fourth-order valence-corrected chi connectivity index (χ4v) is 4.99. The largest absolute Gasteiger partial charge is 0.330 e. The van der Waals surface area contributed by atoms with Crippen molar-refractivity contribution in [2.24, 2.45) is 14.1 Å². The lowest BCUT2D eigenvalue weighted by Gasteiger charge is -2.09. The van der Waals surface area contributed by atoms with E-state index in [0.29, 0.717) is 6.42 Å². The van der Waals surface area contributed by atoms with E-state index in [1.807, 2.05) is 24.3 Å². The van der Waals surface area contributed by atoms with Gasteiger partial charge < -0.3 is 9.13 Å². The maximum atomic E-state index is 5.19. The van der Waals surface area contributed by atoms with Crippen LogP contribution in [0.4, 0.5) is 0 Å². The van der Waals surface area contributed by atoms with Crippen molar-refractivity contribution < 1.29 is 0 Å². The van der Waals surface area contributed by atoms with Crippen LogP contribution in [-0.4, -0.2) is 19.1 Å². The molecule has 180 valence electrons. The molecule has 0 aliphatic carbocycles. The molecule has 0 spiro atoms. The van der Waals surface area contributed by atoms with Crippen LogP contribution in [0.25, 0.3) is 45.0 Å². The van der Waals surface area contributed by atoms with Crippen molar-refractivity contribution in [2.45, 2.75) is 6.42 Å². The zero-order chi connectivity index (χ0) is 25.2. The molecule has 0 amide bonds. The molecule has 0 atom stereocenters. The van der Waals surface area contributed by atoms with Gasteiger partial charge in [-0.3, -0.25) is 0 Å². The molecule has 0 radical (unpaired) electrons. The second-order valence-corrected chi connectivity index (χ2v) is 9.21. The molecule has 2 heterocycles. The Morgan fingerprint density at radius 1 is 0.432 bits per heavy atom. The van der Waals surface area contributed by atoms with Gasteiger partial charge in [-0.25, -0.2) is 9.97 Å². The fraction of sp³-hybridized carbons (Fsp3) is 0.0909. The van der Waals surface area contributed by atoms with Gasteiger partial charge in [0.15, 0.2) is 0 Å². The van der Waals surface area contributed by atoms with Crippen molar-refractivity contribution >= 4 is 0 Å². The topological polar surface area (TPSA) is 35.6 Å². The highest BCUT2D eigenvalue weighted by Gasteiger charge is 2.22. The predicted molar refractivity (Wildman–Crippen MR) is 151 cm³/mol. The molecule has 6 rings (SSSR count). The molecule has 0 unspecified atom stereocenters. The third-order valence-electron chi connectivity index (χ3n) is 6.88. The van der Waals surface area contributed by atoms with E-state index in [-0.39, 0.29) is 0 Å². The van der Waals surface area contributed by atoms with E-state index in [1.54, 1.807) is 0 Å². The van der Waals surface area contributed by atoms with Crippen LogP contribution in [0, 0.1) is 0 Å². The first-order valence-corrected chi connectivity index (χ1v) is 12.5. The van der Waals surface area contributed by atoms with Gasteiger partial charge in [0.1, 0.15) is 11.6 Å². The van der Waals surface area contributed by atoms with Gasteiger partial charge in [0, 0.05) is 36.3 Å². The van der Waals surface area contributed by atoms with Gasteiger partial charge in [-0.2, -0.15) is 0 Å². The fourth-order valence-electron chi connectivity index (χ4n) is 4.99. The molecule has 4 heteroatoms. The molecule has 4 aromatic carbocycles. The number of rotatable bonds is 6. The zero-order valence-corrected chi connectivity index (χ0v) is 21.0. The molecule has 0 fully saturated rings. The quantitative estimate of drug-likeness (QED) is 0.249. The van der Waals surface area contributed by atoms with Crippen LogP contribution in [0.3, 0.4) is 0 Å². The minimum absolute atomic E-state index is 0.617. The van der Waals surface area contributed by atoms with Crippen molar-refractivity contribution in [1.29, 1.82) is 0 Å². The van der Waals surface area contributed by atoms with Crippen LogP contribution in [0.15, 0.2) is 121 Å². The lowest BCUT2D eigenvalue weighted by molar-refractivity contribution is 0.761. The minimum atomic E-state index is 0.617. The van der Waals surface area contributed by atoms with Crippen molar-refractivity contribution in [1.82, 2.24) is 19.1 Å². The zero-order valence-electron chi connectivity index (χ0n) is 21.0. The molecule has 0 aliphatic rings. The van der Waals surface area contributed by atoms with Gasteiger partial charge in [0.2, 0.25) is 0 Å². The van der Waals surface area contributed by atoms with Crippen LogP contribution in [0.2, 0.25) is 0 Å². The van der Waals surface area contributed by atoms with Crippen LogP contribution in [0.5, 0.6) is 0 Å². The molecule has 0 aliphatic heterocycles. The molecule has 0 bridgehead atoms. The van der Waals surface area contributed by atoms with Crippen LogP contribution >= 0.6 is 0 Å². The standard InChI is InChI=1S/C33H28N4/c1-36-28(34-30(24-15-7-3-8-16-24)32(36)26-19-11-5-12-20-26)23-29-35-31(25-17-9-4-10-18-25)33(37(29)2)27-21-13-6-14-22-27/h3-22H,23H2,1-2H3. The van der Waals surface area contributed by atoms with E-state index in [2.05, 4.69) is 120 Å². The molecule has 37 heavy (non-hydrogen) atoms. The second kappa shape index (κ2) is 9.75. The second-order valence-electron chi connectivity index (χ2n) is 9.21. The van der Waals surface area contributed by atoms with E-state index in [4.69, 9.17) is 9.97 Å². The highest BCUT2D eigenvalue weighted by molar-refractivity contribution is 5.80. The molecular formula is C33H28N4. The Bertz CT molecular complexity index is 1510. The lowest BCUT2D eigenvalue weighted by atomic mass is 10.1. The average Bonchev–Trinajstić information content (AvgIpc) is 3.47. The summed E-state index contributed by atoms with van der Waals surface area (Å²) in [4.78, 5) is 10.4. The van der Waals surface area contributed by atoms with E-state index in [1.165, 1.54) is 0 Å². The summed E-state index contributed by atoms with van der Waals surface area (Å²) in [6, 6.07) is 41.8. The Balaban J connectivity index is 1.50. The summed E-state index contributed by atoms with van der Waals surface area (Å²) >= 11 is 0. The molecule has 2 aromatic heterocycles. The first kappa shape index (κ1) is 22.7. The highest BCUT2D eigenvalue weighted by Crippen LogP contribution is 2.35. The van der Waals surface area contributed by atoms with Gasteiger partial charge in [0.25, 0.3) is 0 Å². The number of benzene rings is 4. The van der Waals surface area contributed by atoms with Crippen LogP contribution < -0.4 is 0 Å². The van der Waals surface area contributed by atoms with Crippen LogP contribution in [0.1, 0.15) is 11.6 Å². The van der Waals surface area contributed by atoms with Gasteiger partial charge in [-0.05, 0) is 0 Å². The van der Waals surface area contributed by atoms with E-state index < -0.39 is 0 Å². The molecule has 6 aromatic rings. The van der Waals surface area contributed by atoms with Crippen molar-refractivity contribution in [3.05, 3.63) is 133 Å². The summed E-state index contributed by atoms with van der Waals surface area (Å²) in [6.07, 6.45) is 0.617.